The Morgan fingerprint density at radius 1 is 1.00 bits per heavy atom. The predicted molar refractivity (Wildman–Crippen MR) is 119 cm³/mol. The summed E-state index contributed by atoms with van der Waals surface area (Å²) in [6.45, 7) is 4.92. The zero-order valence-corrected chi connectivity index (χ0v) is 18.6. The molecule has 0 aliphatic rings. The van der Waals surface area contributed by atoms with Crippen molar-refractivity contribution in [3.8, 4) is 17.6 Å². The monoisotopic (exact) mass is 485 g/mol. The number of ether oxygens (including phenoxy) is 2. The lowest BCUT2D eigenvalue weighted by Crippen LogP contribution is -1.99. The summed E-state index contributed by atoms with van der Waals surface area (Å²) in [5, 5.41) is 26.7. The zero-order chi connectivity index (χ0) is 21.5. The van der Waals surface area contributed by atoms with E-state index in [-0.39, 0.29) is 5.69 Å². The number of halogens is 2. The van der Waals surface area contributed by atoms with Crippen molar-refractivity contribution >= 4 is 49.3 Å². The average Bonchev–Trinajstić information content (AvgIpc) is 2.76. The van der Waals surface area contributed by atoms with Crippen molar-refractivity contribution in [1.82, 2.24) is 20.4 Å². The molecule has 7 nitrogen and oxygen atoms in total. The van der Waals surface area contributed by atoms with Gasteiger partial charge in [0.05, 0.1) is 39.9 Å². The molecule has 0 bridgehead atoms. The maximum atomic E-state index is 8.87. The van der Waals surface area contributed by atoms with Gasteiger partial charge in [-0.2, -0.15) is 15.5 Å². The SMILES string of the molecule is CCOc1c(C#N)nnc2ccccc12.CCOc1cc2nncc(Cl)c2cc1Br. The van der Waals surface area contributed by atoms with E-state index in [1.165, 1.54) is 6.20 Å². The van der Waals surface area contributed by atoms with Crippen LogP contribution in [0, 0.1) is 11.3 Å². The minimum absolute atomic E-state index is 0.232. The predicted octanol–water partition coefficient (Wildman–Crippen LogP) is 5.34. The highest BCUT2D eigenvalue weighted by Crippen LogP contribution is 2.32. The second-order valence-corrected chi connectivity index (χ2v) is 7.13. The quantitative estimate of drug-likeness (QED) is 0.384. The Balaban J connectivity index is 0.000000171. The first-order valence-corrected chi connectivity index (χ1v) is 10.3. The van der Waals surface area contributed by atoms with E-state index in [4.69, 9.17) is 26.3 Å². The van der Waals surface area contributed by atoms with E-state index < -0.39 is 0 Å². The van der Waals surface area contributed by atoms with E-state index in [1.54, 1.807) is 0 Å². The molecule has 0 amide bonds. The molecule has 4 aromatic rings. The average molecular weight is 487 g/mol. The standard InChI is InChI=1S/C11H9N3O.C10H8BrClN2O/c1-2-15-11-8-5-3-4-6-9(8)13-14-10(11)7-12;1-2-15-10-4-9-6(3-7(10)11)8(12)5-13-14-9/h3-6H,2H2,1H3;3-5H,2H2,1H3. The van der Waals surface area contributed by atoms with E-state index in [1.807, 2.05) is 56.3 Å². The number of hydrogen-bond acceptors (Lipinski definition) is 7. The molecule has 0 saturated heterocycles. The lowest BCUT2D eigenvalue weighted by atomic mass is 10.2. The van der Waals surface area contributed by atoms with Crippen LogP contribution in [0.15, 0.2) is 47.1 Å². The molecule has 0 spiro atoms. The Hall–Kier alpha value is -3.02. The van der Waals surface area contributed by atoms with Crippen molar-refractivity contribution in [1.29, 1.82) is 5.26 Å². The number of hydrogen-bond donors (Lipinski definition) is 0. The van der Waals surface area contributed by atoms with Crippen LogP contribution in [0.3, 0.4) is 0 Å². The van der Waals surface area contributed by atoms with Gasteiger partial charge in [0.1, 0.15) is 11.8 Å². The van der Waals surface area contributed by atoms with Crippen molar-refractivity contribution < 1.29 is 9.47 Å². The summed E-state index contributed by atoms with van der Waals surface area (Å²) < 4.78 is 11.7. The van der Waals surface area contributed by atoms with Crippen LogP contribution in [0.5, 0.6) is 11.5 Å². The van der Waals surface area contributed by atoms with Gasteiger partial charge >= 0.3 is 0 Å². The Labute approximate surface area is 186 Å². The number of rotatable bonds is 4. The summed E-state index contributed by atoms with van der Waals surface area (Å²) in [7, 11) is 0. The van der Waals surface area contributed by atoms with E-state index in [2.05, 4.69) is 36.3 Å². The van der Waals surface area contributed by atoms with Crippen LogP contribution in [0.1, 0.15) is 19.5 Å². The van der Waals surface area contributed by atoms with Gasteiger partial charge < -0.3 is 9.47 Å². The van der Waals surface area contributed by atoms with Gasteiger partial charge in [0.25, 0.3) is 0 Å². The summed E-state index contributed by atoms with van der Waals surface area (Å²) in [6.07, 6.45) is 1.52. The highest BCUT2D eigenvalue weighted by molar-refractivity contribution is 9.10. The number of fused-ring (bicyclic) bond motifs is 2. The van der Waals surface area contributed by atoms with E-state index in [0.29, 0.717) is 24.0 Å². The molecule has 152 valence electrons. The maximum absolute atomic E-state index is 8.87. The van der Waals surface area contributed by atoms with Crippen LogP contribution in [0.4, 0.5) is 0 Å². The lowest BCUT2D eigenvalue weighted by Gasteiger charge is -2.07. The molecule has 0 unspecified atom stereocenters. The summed E-state index contributed by atoms with van der Waals surface area (Å²) in [4.78, 5) is 0. The van der Waals surface area contributed by atoms with Gasteiger partial charge in [0, 0.05) is 16.8 Å². The molecule has 9 heteroatoms. The fraction of sp³-hybridized carbons (Fsp3) is 0.190. The fourth-order valence-electron chi connectivity index (χ4n) is 2.69. The van der Waals surface area contributed by atoms with Crippen LogP contribution in [0.25, 0.3) is 21.8 Å². The normalized spacial score (nSPS) is 10.2. The van der Waals surface area contributed by atoms with Crippen molar-refractivity contribution in [2.24, 2.45) is 0 Å². The molecule has 0 aliphatic carbocycles. The summed E-state index contributed by atoms with van der Waals surface area (Å²) >= 11 is 9.41. The van der Waals surface area contributed by atoms with Crippen molar-refractivity contribution in [2.45, 2.75) is 13.8 Å². The van der Waals surface area contributed by atoms with Crippen LogP contribution in [-0.4, -0.2) is 33.6 Å². The van der Waals surface area contributed by atoms with Crippen molar-refractivity contribution in [3.05, 3.63) is 57.8 Å². The van der Waals surface area contributed by atoms with Gasteiger partial charge in [-0.25, -0.2) is 0 Å². The molecule has 0 atom stereocenters. The minimum atomic E-state index is 0.232. The van der Waals surface area contributed by atoms with E-state index >= 15 is 0 Å². The molecule has 2 heterocycles. The van der Waals surface area contributed by atoms with Gasteiger partial charge in [-0.05, 0) is 48.0 Å². The second-order valence-electron chi connectivity index (χ2n) is 5.86. The molecule has 2 aromatic heterocycles. The molecule has 0 aliphatic heterocycles. The van der Waals surface area contributed by atoms with Crippen LogP contribution in [0.2, 0.25) is 5.02 Å². The summed E-state index contributed by atoms with van der Waals surface area (Å²) in [5.74, 6) is 1.27. The molecular weight excluding hydrogens is 470 g/mol. The second kappa shape index (κ2) is 10.1. The van der Waals surface area contributed by atoms with E-state index in [0.717, 1.165) is 32.0 Å². The summed E-state index contributed by atoms with van der Waals surface area (Å²) in [6, 6.07) is 13.1. The molecule has 0 fully saturated rings. The number of nitriles is 1. The van der Waals surface area contributed by atoms with E-state index in [9.17, 15) is 0 Å². The molecular formula is C21H17BrClN5O2. The number of aromatic nitrogens is 4. The van der Waals surface area contributed by atoms with Crippen molar-refractivity contribution in [2.75, 3.05) is 13.2 Å². The first kappa shape index (κ1) is 21.7. The minimum Gasteiger partial charge on any atom is -0.493 e. The largest absolute Gasteiger partial charge is 0.493 e. The Morgan fingerprint density at radius 3 is 2.50 bits per heavy atom. The third-order valence-corrected chi connectivity index (χ3v) is 4.88. The lowest BCUT2D eigenvalue weighted by molar-refractivity contribution is 0.338. The molecule has 30 heavy (non-hydrogen) atoms. The highest BCUT2D eigenvalue weighted by Gasteiger charge is 2.10. The van der Waals surface area contributed by atoms with Gasteiger partial charge in [0.2, 0.25) is 5.69 Å². The molecule has 0 saturated carbocycles. The maximum Gasteiger partial charge on any atom is 0.205 e. The molecule has 2 aromatic carbocycles. The van der Waals surface area contributed by atoms with Crippen LogP contribution >= 0.6 is 27.5 Å². The molecule has 0 radical (unpaired) electrons. The first-order valence-electron chi connectivity index (χ1n) is 9.10. The Bertz CT molecular complexity index is 1230. The van der Waals surface area contributed by atoms with Crippen molar-refractivity contribution in [3.63, 3.8) is 0 Å². The fourth-order valence-corrected chi connectivity index (χ4v) is 3.34. The smallest absolute Gasteiger partial charge is 0.205 e. The molecule has 0 N–H and O–H groups in total. The Morgan fingerprint density at radius 2 is 1.77 bits per heavy atom. The number of nitrogens with zero attached hydrogens (tertiary/aromatic N) is 5. The van der Waals surface area contributed by atoms with Crippen LogP contribution < -0.4 is 9.47 Å². The first-order chi connectivity index (χ1) is 14.6. The Kier molecular flexibility index (Phi) is 7.33. The third-order valence-electron chi connectivity index (χ3n) is 3.96. The number of benzene rings is 2. The zero-order valence-electron chi connectivity index (χ0n) is 16.3. The summed E-state index contributed by atoms with van der Waals surface area (Å²) in [5.41, 5.74) is 1.70. The molecule has 4 rings (SSSR count). The third kappa shape index (κ3) is 4.75. The topological polar surface area (TPSA) is 93.8 Å². The highest BCUT2D eigenvalue weighted by atomic mass is 79.9. The van der Waals surface area contributed by atoms with Gasteiger partial charge in [-0.1, -0.05) is 23.7 Å². The van der Waals surface area contributed by atoms with Gasteiger partial charge in [-0.15, -0.1) is 10.2 Å². The van der Waals surface area contributed by atoms with Gasteiger partial charge in [0.15, 0.2) is 5.75 Å². The van der Waals surface area contributed by atoms with Crippen LogP contribution in [-0.2, 0) is 0 Å². The van der Waals surface area contributed by atoms with Gasteiger partial charge in [-0.3, -0.25) is 0 Å².